The van der Waals surface area contributed by atoms with E-state index in [2.05, 4.69) is 64.0 Å². The Hall–Kier alpha value is -0.740. The third-order valence-corrected chi connectivity index (χ3v) is 5.35. The second-order valence-corrected chi connectivity index (χ2v) is 7.76. The lowest BCUT2D eigenvalue weighted by atomic mass is 10.2. The lowest BCUT2D eigenvalue weighted by Gasteiger charge is -2.09. The van der Waals surface area contributed by atoms with Crippen LogP contribution in [0.5, 0.6) is 0 Å². The molecule has 2 rings (SSSR count). The predicted octanol–water partition coefficient (Wildman–Crippen LogP) is 4.33. The van der Waals surface area contributed by atoms with Crippen molar-refractivity contribution in [2.75, 3.05) is 7.05 Å². The quantitative estimate of drug-likeness (QED) is 0.368. The van der Waals surface area contributed by atoms with Crippen LogP contribution in [-0.2, 0) is 13.1 Å². The van der Waals surface area contributed by atoms with E-state index in [1.807, 2.05) is 0 Å². The average molecular weight is 479 g/mol. The van der Waals surface area contributed by atoms with E-state index in [-0.39, 0.29) is 24.0 Å². The zero-order valence-electron chi connectivity index (χ0n) is 14.8. The van der Waals surface area contributed by atoms with Crippen molar-refractivity contribution < 1.29 is 0 Å². The first-order valence-electron chi connectivity index (χ1n) is 7.82. The number of aliphatic imine (C=N–C) groups is 1. The predicted molar refractivity (Wildman–Crippen MR) is 115 cm³/mol. The summed E-state index contributed by atoms with van der Waals surface area (Å²) in [6.45, 7) is 10.0. The Morgan fingerprint density at radius 2 is 1.75 bits per heavy atom. The molecule has 24 heavy (non-hydrogen) atoms. The van der Waals surface area contributed by atoms with E-state index in [0.717, 1.165) is 22.4 Å². The SMILES string of the molecule is CN=C(NCc1csc(C(C)C)n1)NCc1nc(C(C)C)cs1.I. The molecule has 2 aromatic heterocycles. The van der Waals surface area contributed by atoms with E-state index in [1.54, 1.807) is 29.7 Å². The fraction of sp³-hybridized carbons (Fsp3) is 0.562. The van der Waals surface area contributed by atoms with Gasteiger partial charge >= 0.3 is 0 Å². The third-order valence-electron chi connectivity index (χ3n) is 3.29. The van der Waals surface area contributed by atoms with Crippen LogP contribution in [0.3, 0.4) is 0 Å². The lowest BCUT2D eigenvalue weighted by Crippen LogP contribution is -2.36. The molecule has 0 aromatic carbocycles. The zero-order chi connectivity index (χ0) is 16.8. The van der Waals surface area contributed by atoms with Gasteiger partial charge in [0, 0.05) is 23.7 Å². The molecule has 0 fully saturated rings. The number of hydrogen-bond donors (Lipinski definition) is 2. The van der Waals surface area contributed by atoms with Crippen LogP contribution in [0.25, 0.3) is 0 Å². The largest absolute Gasteiger partial charge is 0.351 e. The molecule has 0 saturated heterocycles. The topological polar surface area (TPSA) is 62.2 Å². The summed E-state index contributed by atoms with van der Waals surface area (Å²) in [6, 6.07) is 0. The monoisotopic (exact) mass is 479 g/mol. The highest BCUT2D eigenvalue weighted by Gasteiger charge is 2.08. The second kappa shape index (κ2) is 10.3. The van der Waals surface area contributed by atoms with Crippen molar-refractivity contribution in [3.05, 3.63) is 32.2 Å². The van der Waals surface area contributed by atoms with Gasteiger partial charge in [-0.3, -0.25) is 4.99 Å². The molecule has 0 atom stereocenters. The summed E-state index contributed by atoms with van der Waals surface area (Å²) in [5, 5.41) is 13.1. The van der Waals surface area contributed by atoms with Crippen LogP contribution in [0.15, 0.2) is 15.8 Å². The van der Waals surface area contributed by atoms with E-state index in [0.29, 0.717) is 24.9 Å². The van der Waals surface area contributed by atoms with Gasteiger partial charge in [0.15, 0.2) is 5.96 Å². The Kier molecular flexibility index (Phi) is 9.14. The summed E-state index contributed by atoms with van der Waals surface area (Å²) >= 11 is 3.40. The molecule has 0 amide bonds. The van der Waals surface area contributed by atoms with Crippen LogP contribution in [0.2, 0.25) is 0 Å². The van der Waals surface area contributed by atoms with Crippen molar-refractivity contribution in [2.45, 2.75) is 52.6 Å². The van der Waals surface area contributed by atoms with Crippen LogP contribution in [0.1, 0.15) is 60.9 Å². The molecule has 0 aliphatic heterocycles. The second-order valence-electron chi connectivity index (χ2n) is 5.93. The van der Waals surface area contributed by atoms with Gasteiger partial charge < -0.3 is 10.6 Å². The summed E-state index contributed by atoms with van der Waals surface area (Å²) in [5.41, 5.74) is 2.21. The van der Waals surface area contributed by atoms with Crippen LogP contribution in [0.4, 0.5) is 0 Å². The Morgan fingerprint density at radius 1 is 1.04 bits per heavy atom. The van der Waals surface area contributed by atoms with Gasteiger partial charge in [0.2, 0.25) is 0 Å². The zero-order valence-corrected chi connectivity index (χ0v) is 18.8. The number of nitrogens with zero attached hydrogens (tertiary/aromatic N) is 3. The van der Waals surface area contributed by atoms with Crippen LogP contribution in [-0.4, -0.2) is 23.0 Å². The maximum Gasteiger partial charge on any atom is 0.191 e. The third kappa shape index (κ3) is 6.29. The van der Waals surface area contributed by atoms with Crippen molar-refractivity contribution in [3.63, 3.8) is 0 Å². The molecule has 0 aliphatic carbocycles. The summed E-state index contributed by atoms with van der Waals surface area (Å²) in [6.07, 6.45) is 0. The smallest absolute Gasteiger partial charge is 0.191 e. The normalized spacial score (nSPS) is 11.7. The first-order chi connectivity index (χ1) is 11.0. The molecule has 2 heterocycles. The molecule has 134 valence electrons. The summed E-state index contributed by atoms with van der Waals surface area (Å²) < 4.78 is 0. The van der Waals surface area contributed by atoms with E-state index < -0.39 is 0 Å². The molecular weight excluding hydrogens is 453 g/mol. The summed E-state index contributed by atoms with van der Waals surface area (Å²) in [5.74, 6) is 1.72. The minimum atomic E-state index is 0. The van der Waals surface area contributed by atoms with Crippen molar-refractivity contribution in [1.29, 1.82) is 0 Å². The van der Waals surface area contributed by atoms with Crippen molar-refractivity contribution in [3.8, 4) is 0 Å². The first kappa shape index (κ1) is 21.3. The molecular formula is C16H26IN5S2. The van der Waals surface area contributed by atoms with Gasteiger partial charge in [-0.15, -0.1) is 46.7 Å². The molecule has 2 N–H and O–H groups in total. The molecule has 0 saturated carbocycles. The highest BCUT2D eigenvalue weighted by atomic mass is 127. The number of thiazole rings is 2. The molecule has 5 nitrogen and oxygen atoms in total. The maximum atomic E-state index is 4.62. The molecule has 0 spiro atoms. The lowest BCUT2D eigenvalue weighted by molar-refractivity contribution is 0.772. The number of nitrogens with one attached hydrogen (secondary N) is 2. The van der Waals surface area contributed by atoms with Crippen LogP contribution in [0, 0.1) is 0 Å². The highest BCUT2D eigenvalue weighted by Crippen LogP contribution is 2.19. The van der Waals surface area contributed by atoms with Gasteiger partial charge in [0.1, 0.15) is 5.01 Å². The molecule has 2 aromatic rings. The van der Waals surface area contributed by atoms with Gasteiger partial charge in [-0.2, -0.15) is 0 Å². The summed E-state index contributed by atoms with van der Waals surface area (Å²) in [7, 11) is 1.78. The van der Waals surface area contributed by atoms with Crippen LogP contribution < -0.4 is 10.6 Å². The van der Waals surface area contributed by atoms with E-state index in [9.17, 15) is 0 Å². The molecule has 0 radical (unpaired) electrons. The molecule has 8 heteroatoms. The highest BCUT2D eigenvalue weighted by molar-refractivity contribution is 14.0. The van der Waals surface area contributed by atoms with Crippen LogP contribution >= 0.6 is 46.7 Å². The molecule has 0 unspecified atom stereocenters. The van der Waals surface area contributed by atoms with Gasteiger partial charge in [-0.05, 0) is 5.92 Å². The van der Waals surface area contributed by atoms with Gasteiger partial charge in [0.05, 0.1) is 29.5 Å². The van der Waals surface area contributed by atoms with Crippen molar-refractivity contribution in [1.82, 2.24) is 20.6 Å². The first-order valence-corrected chi connectivity index (χ1v) is 9.58. The minimum Gasteiger partial charge on any atom is -0.351 e. The summed E-state index contributed by atoms with van der Waals surface area (Å²) in [4.78, 5) is 13.5. The fourth-order valence-electron chi connectivity index (χ4n) is 1.89. The van der Waals surface area contributed by atoms with Gasteiger partial charge in [0.25, 0.3) is 0 Å². The fourth-order valence-corrected chi connectivity index (χ4v) is 3.62. The Labute approximate surface area is 169 Å². The van der Waals surface area contributed by atoms with Crippen molar-refractivity contribution >= 4 is 52.6 Å². The molecule has 0 bridgehead atoms. The van der Waals surface area contributed by atoms with Gasteiger partial charge in [-0.25, -0.2) is 9.97 Å². The number of aromatic nitrogens is 2. The average Bonchev–Trinajstić information content (AvgIpc) is 3.16. The maximum absolute atomic E-state index is 4.62. The Balaban J connectivity index is 0.00000288. The van der Waals surface area contributed by atoms with E-state index in [1.165, 1.54) is 5.01 Å². The number of guanidine groups is 1. The Bertz CT molecular complexity index is 596. The number of rotatable bonds is 6. The number of halogens is 1. The molecule has 0 aliphatic rings. The van der Waals surface area contributed by atoms with Gasteiger partial charge in [-0.1, -0.05) is 27.7 Å². The van der Waals surface area contributed by atoms with E-state index in [4.69, 9.17) is 0 Å². The minimum absolute atomic E-state index is 0. The standard InChI is InChI=1S/C16H25N5S2.HI/c1-10(2)13-9-22-14(21-13)7-19-16(17-5)18-6-12-8-23-15(20-12)11(3)4;/h8-11H,6-7H2,1-5H3,(H2,17,18,19);1H. The van der Waals surface area contributed by atoms with Crippen molar-refractivity contribution in [2.24, 2.45) is 4.99 Å². The van der Waals surface area contributed by atoms with E-state index >= 15 is 0 Å². The number of hydrogen-bond acceptors (Lipinski definition) is 5. The Morgan fingerprint density at radius 3 is 2.29 bits per heavy atom.